The number of ether oxygens (including phenoxy) is 1. The normalized spacial score (nSPS) is 10.0. The van der Waals surface area contributed by atoms with Gasteiger partial charge in [0, 0.05) is 5.56 Å². The van der Waals surface area contributed by atoms with Crippen LogP contribution in [0.4, 0.5) is 4.39 Å². The van der Waals surface area contributed by atoms with Gasteiger partial charge in [-0.15, -0.1) is 0 Å². The number of halogens is 1. The highest BCUT2D eigenvalue weighted by Gasteiger charge is 2.10. The highest BCUT2D eigenvalue weighted by molar-refractivity contribution is 5.96. The van der Waals surface area contributed by atoms with Gasteiger partial charge in [-0.1, -0.05) is 12.1 Å². The molecule has 3 amide bonds. The number of amides is 3. The Balaban J connectivity index is 1.72. The van der Waals surface area contributed by atoms with Crippen LogP contribution in [0.5, 0.6) is 5.75 Å². The Hall–Kier alpha value is -3.42. The first-order valence-corrected chi connectivity index (χ1v) is 8.31. The van der Waals surface area contributed by atoms with Crippen LogP contribution in [0.25, 0.3) is 0 Å². The molecule has 2 rings (SSSR count). The monoisotopic (exact) mass is 373 g/mol. The molecule has 0 heterocycles. The number of rotatable bonds is 7. The van der Waals surface area contributed by atoms with E-state index in [-0.39, 0.29) is 13.0 Å². The maximum atomic E-state index is 13.1. The molecule has 2 aromatic carbocycles. The van der Waals surface area contributed by atoms with Gasteiger partial charge in [0.25, 0.3) is 11.8 Å². The summed E-state index contributed by atoms with van der Waals surface area (Å²) < 4.78 is 18.3. The first-order valence-electron chi connectivity index (χ1n) is 8.31. The molecule has 0 unspecified atom stereocenters. The summed E-state index contributed by atoms with van der Waals surface area (Å²) in [7, 11) is 0. The van der Waals surface area contributed by atoms with Gasteiger partial charge in [-0.2, -0.15) is 0 Å². The molecule has 0 aliphatic carbocycles. The molecule has 0 aromatic heterocycles. The van der Waals surface area contributed by atoms with Gasteiger partial charge in [-0.3, -0.25) is 25.2 Å². The molecule has 8 heteroatoms. The van der Waals surface area contributed by atoms with E-state index in [1.165, 1.54) is 18.2 Å². The van der Waals surface area contributed by atoms with E-state index in [2.05, 4.69) is 16.2 Å². The molecule has 0 saturated carbocycles. The van der Waals surface area contributed by atoms with Gasteiger partial charge in [0.15, 0.2) is 0 Å². The minimum absolute atomic E-state index is 0.0520. The SMILES string of the molecule is CCOc1ccc(C(=O)NNC(=O)CNC(=O)Cc2cccc(F)c2)cc1. The zero-order chi connectivity index (χ0) is 19.6. The lowest BCUT2D eigenvalue weighted by atomic mass is 10.1. The summed E-state index contributed by atoms with van der Waals surface area (Å²) in [5.41, 5.74) is 5.29. The standard InChI is InChI=1S/C19H20FN3O4/c1-2-27-16-8-6-14(7-9-16)19(26)23-22-18(25)12-21-17(24)11-13-4-3-5-15(20)10-13/h3-10H,2,11-12H2,1H3,(H,21,24)(H,22,25)(H,23,26). The lowest BCUT2D eigenvalue weighted by Gasteiger charge is -2.09. The van der Waals surface area contributed by atoms with Crippen LogP contribution in [0.15, 0.2) is 48.5 Å². The Kier molecular flexibility index (Phi) is 7.30. The van der Waals surface area contributed by atoms with Gasteiger partial charge in [0.1, 0.15) is 11.6 Å². The van der Waals surface area contributed by atoms with E-state index >= 15 is 0 Å². The second kappa shape index (κ2) is 9.91. The van der Waals surface area contributed by atoms with Crippen LogP contribution in [0.3, 0.4) is 0 Å². The van der Waals surface area contributed by atoms with Crippen molar-refractivity contribution in [1.29, 1.82) is 0 Å². The van der Waals surface area contributed by atoms with Crippen LogP contribution >= 0.6 is 0 Å². The topological polar surface area (TPSA) is 96.5 Å². The van der Waals surface area contributed by atoms with E-state index in [0.29, 0.717) is 23.5 Å². The number of hydrazine groups is 1. The molecule has 0 fully saturated rings. The van der Waals surface area contributed by atoms with Crippen molar-refractivity contribution in [2.75, 3.05) is 13.2 Å². The van der Waals surface area contributed by atoms with Crippen molar-refractivity contribution < 1.29 is 23.5 Å². The number of carbonyl (C=O) groups is 3. The fraction of sp³-hybridized carbons (Fsp3) is 0.211. The van der Waals surface area contributed by atoms with Crippen LogP contribution in [0.2, 0.25) is 0 Å². The minimum atomic E-state index is -0.595. The summed E-state index contributed by atoms with van der Waals surface area (Å²) in [5.74, 6) is -1.33. The van der Waals surface area contributed by atoms with Crippen molar-refractivity contribution in [3.63, 3.8) is 0 Å². The van der Waals surface area contributed by atoms with Crippen LogP contribution in [0, 0.1) is 5.82 Å². The summed E-state index contributed by atoms with van der Waals surface area (Å²) in [6.07, 6.45) is -0.0520. The lowest BCUT2D eigenvalue weighted by molar-refractivity contribution is -0.126. The van der Waals surface area contributed by atoms with Crippen LogP contribution in [-0.2, 0) is 16.0 Å². The van der Waals surface area contributed by atoms with E-state index in [0.717, 1.165) is 0 Å². The van der Waals surface area contributed by atoms with Gasteiger partial charge in [-0.05, 0) is 48.9 Å². The summed E-state index contributed by atoms with van der Waals surface area (Å²) in [5, 5.41) is 2.39. The Morgan fingerprint density at radius 3 is 2.41 bits per heavy atom. The average Bonchev–Trinajstić information content (AvgIpc) is 2.65. The summed E-state index contributed by atoms with van der Waals surface area (Å²) in [4.78, 5) is 35.4. The Bertz CT molecular complexity index is 809. The van der Waals surface area contributed by atoms with Crippen molar-refractivity contribution in [3.05, 3.63) is 65.5 Å². The molecule has 2 aromatic rings. The first kappa shape index (κ1) is 19.9. The predicted octanol–water partition coefficient (Wildman–Crippen LogP) is 1.34. The molecule has 0 saturated heterocycles. The van der Waals surface area contributed by atoms with Crippen LogP contribution in [-0.4, -0.2) is 30.9 Å². The number of nitrogens with one attached hydrogen (secondary N) is 3. The third-order valence-electron chi connectivity index (χ3n) is 3.44. The average molecular weight is 373 g/mol. The minimum Gasteiger partial charge on any atom is -0.494 e. The molecular weight excluding hydrogens is 353 g/mol. The summed E-state index contributed by atoms with van der Waals surface area (Å²) in [6.45, 7) is 2.05. The highest BCUT2D eigenvalue weighted by atomic mass is 19.1. The molecule has 0 radical (unpaired) electrons. The van der Waals surface area contributed by atoms with Gasteiger partial charge >= 0.3 is 0 Å². The van der Waals surface area contributed by atoms with E-state index < -0.39 is 23.5 Å². The summed E-state index contributed by atoms with van der Waals surface area (Å²) in [6, 6.07) is 12.1. The van der Waals surface area contributed by atoms with Gasteiger partial charge < -0.3 is 10.1 Å². The highest BCUT2D eigenvalue weighted by Crippen LogP contribution is 2.11. The maximum Gasteiger partial charge on any atom is 0.269 e. The molecular formula is C19H20FN3O4. The van der Waals surface area contributed by atoms with Crippen molar-refractivity contribution in [1.82, 2.24) is 16.2 Å². The Labute approximate surface area is 155 Å². The fourth-order valence-corrected chi connectivity index (χ4v) is 2.19. The molecule has 27 heavy (non-hydrogen) atoms. The van der Waals surface area contributed by atoms with E-state index in [4.69, 9.17) is 4.74 Å². The van der Waals surface area contributed by atoms with Gasteiger partial charge in [0.05, 0.1) is 19.6 Å². The van der Waals surface area contributed by atoms with Crippen molar-refractivity contribution >= 4 is 17.7 Å². The zero-order valence-corrected chi connectivity index (χ0v) is 14.8. The number of hydrogen-bond donors (Lipinski definition) is 3. The molecule has 0 aliphatic rings. The maximum absolute atomic E-state index is 13.1. The summed E-state index contributed by atoms with van der Waals surface area (Å²) >= 11 is 0. The molecule has 0 atom stereocenters. The molecule has 7 nitrogen and oxygen atoms in total. The molecule has 0 bridgehead atoms. The van der Waals surface area contributed by atoms with Crippen LogP contribution in [0.1, 0.15) is 22.8 Å². The van der Waals surface area contributed by atoms with Crippen molar-refractivity contribution in [2.45, 2.75) is 13.3 Å². The Morgan fingerprint density at radius 2 is 1.74 bits per heavy atom. The largest absolute Gasteiger partial charge is 0.494 e. The van der Waals surface area contributed by atoms with Crippen molar-refractivity contribution in [2.24, 2.45) is 0 Å². The van der Waals surface area contributed by atoms with E-state index in [1.54, 1.807) is 30.3 Å². The van der Waals surface area contributed by atoms with Crippen molar-refractivity contribution in [3.8, 4) is 5.75 Å². The first-order chi connectivity index (χ1) is 13.0. The van der Waals surface area contributed by atoms with Gasteiger partial charge in [0.2, 0.25) is 5.91 Å². The quantitative estimate of drug-likeness (QED) is 0.638. The zero-order valence-electron chi connectivity index (χ0n) is 14.8. The molecule has 0 aliphatic heterocycles. The smallest absolute Gasteiger partial charge is 0.269 e. The predicted molar refractivity (Wildman–Crippen MR) is 96.3 cm³/mol. The second-order valence-electron chi connectivity index (χ2n) is 5.54. The number of benzene rings is 2. The van der Waals surface area contributed by atoms with E-state index in [9.17, 15) is 18.8 Å². The molecule has 3 N–H and O–H groups in total. The Morgan fingerprint density at radius 1 is 1.00 bits per heavy atom. The fourth-order valence-electron chi connectivity index (χ4n) is 2.19. The molecule has 0 spiro atoms. The third-order valence-corrected chi connectivity index (χ3v) is 3.44. The second-order valence-corrected chi connectivity index (χ2v) is 5.54. The lowest BCUT2D eigenvalue weighted by Crippen LogP contribution is -2.46. The van der Waals surface area contributed by atoms with Gasteiger partial charge in [-0.25, -0.2) is 4.39 Å². The number of carbonyl (C=O) groups excluding carboxylic acids is 3. The number of hydrogen-bond acceptors (Lipinski definition) is 4. The third kappa shape index (κ3) is 6.77. The van der Waals surface area contributed by atoms with Crippen LogP contribution < -0.4 is 20.9 Å². The van der Waals surface area contributed by atoms with E-state index in [1.807, 2.05) is 6.92 Å². The molecule has 142 valence electrons.